The quantitative estimate of drug-likeness (QED) is 0.765. The van der Waals surface area contributed by atoms with Crippen molar-refractivity contribution >= 4 is 11.3 Å². The number of aryl methyl sites for hydroxylation is 1. The second kappa shape index (κ2) is 6.98. The second-order valence-corrected chi connectivity index (χ2v) is 8.58. The summed E-state index contributed by atoms with van der Waals surface area (Å²) >= 11 is 1.91. The molecule has 1 fully saturated rings. The zero-order chi connectivity index (χ0) is 16.5. The number of nitrogens with zero attached hydrogens (tertiary/aromatic N) is 3. The number of rotatable bonds is 7. The summed E-state index contributed by atoms with van der Waals surface area (Å²) < 4.78 is 8.23. The van der Waals surface area contributed by atoms with Gasteiger partial charge in [0.2, 0.25) is 0 Å². The first kappa shape index (κ1) is 16.3. The van der Waals surface area contributed by atoms with Crippen LogP contribution in [0, 0.1) is 12.8 Å². The highest BCUT2D eigenvalue weighted by Crippen LogP contribution is 2.35. The standard InChI is InChI=1S/C19H27N3OS/c1-3-23-12-16-9-21(10-17-7-4-14(2)24-17)11-18-19(16)22(13-20-18)8-15-5-6-15/h4,7,13,15-16H,3,5-6,8-12H2,1-2H3. The van der Waals surface area contributed by atoms with Crippen LogP contribution < -0.4 is 0 Å². The number of aromatic nitrogens is 2. The lowest BCUT2D eigenvalue weighted by Gasteiger charge is -2.33. The number of thiophene rings is 1. The van der Waals surface area contributed by atoms with Gasteiger partial charge in [0.25, 0.3) is 0 Å². The van der Waals surface area contributed by atoms with Crippen LogP contribution in [0.1, 0.15) is 46.8 Å². The Hall–Kier alpha value is -1.17. The van der Waals surface area contributed by atoms with Crippen molar-refractivity contribution in [1.82, 2.24) is 14.5 Å². The molecule has 1 aliphatic carbocycles. The van der Waals surface area contributed by atoms with E-state index in [1.54, 1.807) is 0 Å². The van der Waals surface area contributed by atoms with Crippen molar-refractivity contribution in [3.63, 3.8) is 0 Å². The molecule has 4 nitrogen and oxygen atoms in total. The van der Waals surface area contributed by atoms with Crippen LogP contribution in [0.2, 0.25) is 0 Å². The smallest absolute Gasteiger partial charge is 0.0952 e. The molecule has 1 unspecified atom stereocenters. The maximum atomic E-state index is 5.81. The Balaban J connectivity index is 1.53. The Morgan fingerprint density at radius 3 is 2.92 bits per heavy atom. The highest BCUT2D eigenvalue weighted by atomic mass is 32.1. The largest absolute Gasteiger partial charge is 0.381 e. The molecule has 0 saturated heterocycles. The van der Waals surface area contributed by atoms with Gasteiger partial charge in [-0.3, -0.25) is 4.90 Å². The highest BCUT2D eigenvalue weighted by Gasteiger charge is 2.32. The SMILES string of the molecule is CCOCC1CN(Cc2ccc(C)s2)Cc2ncn(CC3CC3)c21. The number of imidazole rings is 1. The van der Waals surface area contributed by atoms with Crippen LogP contribution in [-0.4, -0.2) is 34.2 Å². The first-order valence-electron chi connectivity index (χ1n) is 9.12. The van der Waals surface area contributed by atoms with E-state index < -0.39 is 0 Å². The molecule has 5 heteroatoms. The van der Waals surface area contributed by atoms with E-state index in [1.807, 2.05) is 11.3 Å². The summed E-state index contributed by atoms with van der Waals surface area (Å²) in [4.78, 5) is 10.1. The lowest BCUT2D eigenvalue weighted by molar-refractivity contribution is 0.102. The van der Waals surface area contributed by atoms with Crippen LogP contribution >= 0.6 is 11.3 Å². The second-order valence-electron chi connectivity index (χ2n) is 7.21. The van der Waals surface area contributed by atoms with E-state index in [9.17, 15) is 0 Å². The minimum atomic E-state index is 0.441. The zero-order valence-electron chi connectivity index (χ0n) is 14.7. The van der Waals surface area contributed by atoms with Gasteiger partial charge in [-0.2, -0.15) is 0 Å². The Morgan fingerprint density at radius 2 is 2.21 bits per heavy atom. The molecule has 0 aromatic carbocycles. The van der Waals surface area contributed by atoms with Crippen molar-refractivity contribution in [1.29, 1.82) is 0 Å². The molecule has 1 saturated carbocycles. The minimum Gasteiger partial charge on any atom is -0.381 e. The summed E-state index contributed by atoms with van der Waals surface area (Å²) in [7, 11) is 0. The number of hydrogen-bond donors (Lipinski definition) is 0. The third kappa shape index (κ3) is 3.58. The lowest BCUT2D eigenvalue weighted by Crippen LogP contribution is -2.36. The van der Waals surface area contributed by atoms with Crippen LogP contribution in [0.3, 0.4) is 0 Å². The van der Waals surface area contributed by atoms with Crippen molar-refractivity contribution in [2.45, 2.75) is 52.2 Å². The molecule has 4 rings (SSSR count). The van der Waals surface area contributed by atoms with Gasteiger partial charge >= 0.3 is 0 Å². The molecular formula is C19H27N3OS. The fraction of sp³-hybridized carbons (Fsp3) is 0.632. The molecular weight excluding hydrogens is 318 g/mol. The molecule has 1 atom stereocenters. The molecule has 24 heavy (non-hydrogen) atoms. The zero-order valence-corrected chi connectivity index (χ0v) is 15.5. The predicted molar refractivity (Wildman–Crippen MR) is 97.4 cm³/mol. The van der Waals surface area contributed by atoms with Crippen LogP contribution in [0.5, 0.6) is 0 Å². The Labute approximate surface area is 148 Å². The summed E-state index contributed by atoms with van der Waals surface area (Å²) in [6, 6.07) is 4.48. The number of ether oxygens (including phenoxy) is 1. The third-order valence-electron chi connectivity index (χ3n) is 5.05. The monoisotopic (exact) mass is 345 g/mol. The predicted octanol–water partition coefficient (Wildman–Crippen LogP) is 3.80. The van der Waals surface area contributed by atoms with Crippen molar-refractivity contribution in [3.05, 3.63) is 39.6 Å². The molecule has 0 spiro atoms. The van der Waals surface area contributed by atoms with Crippen LogP contribution in [0.25, 0.3) is 0 Å². The fourth-order valence-electron chi connectivity index (χ4n) is 3.73. The Kier molecular flexibility index (Phi) is 4.74. The van der Waals surface area contributed by atoms with E-state index in [4.69, 9.17) is 9.72 Å². The number of fused-ring (bicyclic) bond motifs is 1. The molecule has 1 aliphatic heterocycles. The van der Waals surface area contributed by atoms with Gasteiger partial charge in [0.05, 0.1) is 18.6 Å². The lowest BCUT2D eigenvalue weighted by atomic mass is 9.98. The molecule has 2 aliphatic rings. The van der Waals surface area contributed by atoms with Crippen LogP contribution in [0.15, 0.2) is 18.5 Å². The van der Waals surface area contributed by atoms with Crippen molar-refractivity contribution in [2.24, 2.45) is 5.92 Å². The van der Waals surface area contributed by atoms with Crippen molar-refractivity contribution in [2.75, 3.05) is 19.8 Å². The molecule has 0 N–H and O–H groups in total. The van der Waals surface area contributed by atoms with Gasteiger partial charge in [0, 0.05) is 54.2 Å². The summed E-state index contributed by atoms with van der Waals surface area (Å²) in [5.41, 5.74) is 2.70. The van der Waals surface area contributed by atoms with Crippen molar-refractivity contribution in [3.8, 4) is 0 Å². The average molecular weight is 346 g/mol. The molecule has 0 radical (unpaired) electrons. The van der Waals surface area contributed by atoms with Crippen LogP contribution in [-0.2, 0) is 24.4 Å². The normalized spacial score (nSPS) is 21.2. The van der Waals surface area contributed by atoms with E-state index >= 15 is 0 Å². The number of hydrogen-bond acceptors (Lipinski definition) is 4. The van der Waals surface area contributed by atoms with Crippen molar-refractivity contribution < 1.29 is 4.74 Å². The Bertz CT molecular complexity index is 689. The Morgan fingerprint density at radius 1 is 1.33 bits per heavy atom. The molecule has 130 valence electrons. The van der Waals surface area contributed by atoms with Crippen LogP contribution in [0.4, 0.5) is 0 Å². The maximum Gasteiger partial charge on any atom is 0.0952 e. The van der Waals surface area contributed by atoms with E-state index in [2.05, 4.69) is 41.8 Å². The molecule has 0 bridgehead atoms. The summed E-state index contributed by atoms with van der Waals surface area (Å²) in [5.74, 6) is 1.32. The van der Waals surface area contributed by atoms with Gasteiger partial charge in [-0.05, 0) is 44.7 Å². The van der Waals surface area contributed by atoms with Gasteiger partial charge in [-0.25, -0.2) is 4.98 Å². The first-order chi connectivity index (χ1) is 11.7. The van der Waals surface area contributed by atoms with Gasteiger partial charge < -0.3 is 9.30 Å². The van der Waals surface area contributed by atoms with E-state index in [0.29, 0.717) is 5.92 Å². The van der Waals surface area contributed by atoms with E-state index in [-0.39, 0.29) is 0 Å². The van der Waals surface area contributed by atoms with Gasteiger partial charge in [0.15, 0.2) is 0 Å². The average Bonchev–Trinajstić information content (AvgIpc) is 3.16. The fourth-order valence-corrected chi connectivity index (χ4v) is 4.66. The highest BCUT2D eigenvalue weighted by molar-refractivity contribution is 7.11. The molecule has 3 heterocycles. The summed E-state index contributed by atoms with van der Waals surface area (Å²) in [6.45, 7) is 10.1. The molecule has 0 amide bonds. The first-order valence-corrected chi connectivity index (χ1v) is 9.94. The van der Waals surface area contributed by atoms with Gasteiger partial charge in [-0.1, -0.05) is 0 Å². The topological polar surface area (TPSA) is 30.3 Å². The molecule has 2 aromatic heterocycles. The minimum absolute atomic E-state index is 0.441. The summed E-state index contributed by atoms with van der Waals surface area (Å²) in [5, 5.41) is 0. The molecule has 2 aromatic rings. The maximum absolute atomic E-state index is 5.81. The third-order valence-corrected chi connectivity index (χ3v) is 6.03. The van der Waals surface area contributed by atoms with Gasteiger partial charge in [-0.15, -0.1) is 11.3 Å². The summed E-state index contributed by atoms with van der Waals surface area (Å²) in [6.07, 6.45) is 4.83. The van der Waals surface area contributed by atoms with Gasteiger partial charge in [0.1, 0.15) is 0 Å². The van der Waals surface area contributed by atoms with E-state index in [1.165, 1.54) is 34.0 Å². The van der Waals surface area contributed by atoms with E-state index in [0.717, 1.165) is 45.3 Å².